The first-order valence-electron chi connectivity index (χ1n) is 8.95. The summed E-state index contributed by atoms with van der Waals surface area (Å²) in [4.78, 5) is 19.2. The van der Waals surface area contributed by atoms with Crippen LogP contribution in [0.25, 0.3) is 5.82 Å². The summed E-state index contributed by atoms with van der Waals surface area (Å²) < 4.78 is 1.68. The van der Waals surface area contributed by atoms with Gasteiger partial charge in [0, 0.05) is 37.4 Å². The molecule has 0 radical (unpaired) electrons. The molecule has 1 amide bonds. The number of rotatable bonds is 4. The lowest BCUT2D eigenvalue weighted by Crippen LogP contribution is -2.40. The molecule has 1 aliphatic heterocycles. The van der Waals surface area contributed by atoms with Crippen LogP contribution in [-0.2, 0) is 6.42 Å². The first-order valence-corrected chi connectivity index (χ1v) is 8.95. The van der Waals surface area contributed by atoms with Gasteiger partial charge in [0.1, 0.15) is 0 Å². The van der Waals surface area contributed by atoms with E-state index >= 15 is 0 Å². The molecule has 0 spiro atoms. The Kier molecular flexibility index (Phi) is 4.51. The minimum atomic E-state index is 0.0514. The molecule has 1 N–H and O–H groups in total. The fraction of sp³-hybridized carbons (Fsp3) is 0.368. The summed E-state index contributed by atoms with van der Waals surface area (Å²) in [5.41, 5.74) is 2.99. The SMILES string of the molecule is Cc1cn[nH]c1C[C@H]1CCCN(C(=O)c2ccc(-n3cccn3)nc2)C1. The van der Waals surface area contributed by atoms with Crippen molar-refractivity contribution < 1.29 is 4.79 Å². The van der Waals surface area contributed by atoms with Crippen LogP contribution in [0.4, 0.5) is 0 Å². The molecule has 134 valence electrons. The van der Waals surface area contributed by atoms with E-state index in [1.54, 1.807) is 17.1 Å². The number of pyridine rings is 1. The zero-order valence-corrected chi connectivity index (χ0v) is 14.8. The quantitative estimate of drug-likeness (QED) is 0.783. The van der Waals surface area contributed by atoms with Crippen LogP contribution >= 0.6 is 0 Å². The topological polar surface area (TPSA) is 79.7 Å². The standard InChI is InChI=1S/C19H22N6O/c1-14-11-21-23-17(14)10-15-4-2-8-24(13-15)19(26)16-5-6-18(20-12-16)25-9-3-7-22-25/h3,5-7,9,11-12,15H,2,4,8,10,13H2,1H3,(H,21,23)/t15-/m1/s1. The summed E-state index contributed by atoms with van der Waals surface area (Å²) in [7, 11) is 0. The van der Waals surface area contributed by atoms with Crippen molar-refractivity contribution in [3.8, 4) is 5.82 Å². The first-order chi connectivity index (χ1) is 12.7. The van der Waals surface area contributed by atoms with Crippen LogP contribution in [0.5, 0.6) is 0 Å². The monoisotopic (exact) mass is 350 g/mol. The molecule has 0 saturated carbocycles. The van der Waals surface area contributed by atoms with E-state index in [0.717, 1.165) is 32.4 Å². The number of carbonyl (C=O) groups excluding carboxylic acids is 1. The molecule has 0 unspecified atom stereocenters. The highest BCUT2D eigenvalue weighted by Crippen LogP contribution is 2.22. The number of aryl methyl sites for hydroxylation is 1. The van der Waals surface area contributed by atoms with E-state index in [0.29, 0.717) is 17.3 Å². The Morgan fingerprint density at radius 2 is 2.27 bits per heavy atom. The molecule has 4 rings (SSSR count). The van der Waals surface area contributed by atoms with Crippen LogP contribution in [-0.4, -0.2) is 48.9 Å². The number of nitrogens with one attached hydrogen (secondary N) is 1. The fourth-order valence-corrected chi connectivity index (χ4v) is 3.52. The van der Waals surface area contributed by atoms with Crippen LogP contribution < -0.4 is 0 Å². The summed E-state index contributed by atoms with van der Waals surface area (Å²) in [5, 5.41) is 11.3. The van der Waals surface area contributed by atoms with E-state index in [1.165, 1.54) is 11.3 Å². The molecule has 7 heteroatoms. The molecule has 4 heterocycles. The molecular weight excluding hydrogens is 328 g/mol. The van der Waals surface area contributed by atoms with Crippen LogP contribution in [0, 0.1) is 12.8 Å². The van der Waals surface area contributed by atoms with Gasteiger partial charge >= 0.3 is 0 Å². The number of hydrogen-bond acceptors (Lipinski definition) is 4. The van der Waals surface area contributed by atoms with Gasteiger partial charge in [0.15, 0.2) is 5.82 Å². The average Bonchev–Trinajstić information content (AvgIpc) is 3.34. The van der Waals surface area contributed by atoms with Crippen molar-refractivity contribution >= 4 is 5.91 Å². The molecule has 1 fully saturated rings. The summed E-state index contributed by atoms with van der Waals surface area (Å²) in [5.74, 6) is 1.22. The van der Waals surface area contributed by atoms with E-state index in [1.807, 2.05) is 35.5 Å². The molecule has 1 saturated heterocycles. The molecule has 7 nitrogen and oxygen atoms in total. The zero-order valence-electron chi connectivity index (χ0n) is 14.8. The molecule has 1 atom stereocenters. The van der Waals surface area contributed by atoms with Crippen LogP contribution in [0.2, 0.25) is 0 Å². The summed E-state index contributed by atoms with van der Waals surface area (Å²) >= 11 is 0. The smallest absolute Gasteiger partial charge is 0.255 e. The Hall–Kier alpha value is -2.96. The van der Waals surface area contributed by atoms with Gasteiger partial charge in [-0.3, -0.25) is 9.89 Å². The van der Waals surface area contributed by atoms with E-state index in [-0.39, 0.29) is 5.91 Å². The van der Waals surface area contributed by atoms with Gasteiger partial charge in [-0.25, -0.2) is 9.67 Å². The van der Waals surface area contributed by atoms with Crippen LogP contribution in [0.15, 0.2) is 43.0 Å². The summed E-state index contributed by atoms with van der Waals surface area (Å²) in [6, 6.07) is 5.50. The predicted octanol–water partition coefficient (Wildman–Crippen LogP) is 2.39. The second kappa shape index (κ2) is 7.11. The van der Waals surface area contributed by atoms with Gasteiger partial charge in [-0.2, -0.15) is 10.2 Å². The van der Waals surface area contributed by atoms with Gasteiger partial charge < -0.3 is 4.90 Å². The fourth-order valence-electron chi connectivity index (χ4n) is 3.52. The highest BCUT2D eigenvalue weighted by Gasteiger charge is 2.25. The molecule has 3 aromatic rings. The van der Waals surface area contributed by atoms with Crippen molar-refractivity contribution in [2.45, 2.75) is 26.2 Å². The summed E-state index contributed by atoms with van der Waals surface area (Å²) in [6.45, 7) is 3.65. The number of aromatic amines is 1. The number of amides is 1. The minimum absolute atomic E-state index is 0.0514. The van der Waals surface area contributed by atoms with E-state index in [2.05, 4.69) is 27.2 Å². The first kappa shape index (κ1) is 16.5. The van der Waals surface area contributed by atoms with Crippen molar-refractivity contribution in [3.63, 3.8) is 0 Å². The lowest BCUT2D eigenvalue weighted by Gasteiger charge is -2.32. The van der Waals surface area contributed by atoms with Crippen LogP contribution in [0.3, 0.4) is 0 Å². The van der Waals surface area contributed by atoms with Crippen molar-refractivity contribution in [1.82, 2.24) is 29.9 Å². The Morgan fingerprint density at radius 3 is 2.96 bits per heavy atom. The maximum Gasteiger partial charge on any atom is 0.255 e. The highest BCUT2D eigenvalue weighted by atomic mass is 16.2. The van der Waals surface area contributed by atoms with Crippen molar-refractivity contribution in [3.05, 3.63) is 59.8 Å². The lowest BCUT2D eigenvalue weighted by atomic mass is 9.92. The third-order valence-corrected chi connectivity index (χ3v) is 4.97. The van der Waals surface area contributed by atoms with Gasteiger partial charge in [0.2, 0.25) is 0 Å². The summed E-state index contributed by atoms with van der Waals surface area (Å²) in [6.07, 6.45) is 10.1. The van der Waals surface area contributed by atoms with Crippen molar-refractivity contribution in [2.75, 3.05) is 13.1 Å². The van der Waals surface area contributed by atoms with Crippen molar-refractivity contribution in [2.24, 2.45) is 5.92 Å². The van der Waals surface area contributed by atoms with Crippen molar-refractivity contribution in [1.29, 1.82) is 0 Å². The van der Waals surface area contributed by atoms with E-state index in [9.17, 15) is 4.79 Å². The highest BCUT2D eigenvalue weighted by molar-refractivity contribution is 5.94. The molecule has 0 aromatic carbocycles. The van der Waals surface area contributed by atoms with Gasteiger partial charge in [-0.1, -0.05) is 0 Å². The largest absolute Gasteiger partial charge is 0.338 e. The van der Waals surface area contributed by atoms with Gasteiger partial charge in [0.05, 0.1) is 11.8 Å². The average molecular weight is 350 g/mol. The maximum absolute atomic E-state index is 12.9. The Morgan fingerprint density at radius 1 is 1.35 bits per heavy atom. The third kappa shape index (κ3) is 3.37. The molecule has 26 heavy (non-hydrogen) atoms. The number of hydrogen-bond donors (Lipinski definition) is 1. The molecule has 1 aliphatic rings. The van der Waals surface area contributed by atoms with Gasteiger partial charge in [-0.05, 0) is 55.9 Å². The second-order valence-electron chi connectivity index (χ2n) is 6.85. The Labute approximate surface area is 152 Å². The molecular formula is C19H22N6O. The number of piperidine rings is 1. The van der Waals surface area contributed by atoms with Gasteiger partial charge in [-0.15, -0.1) is 0 Å². The Bertz CT molecular complexity index is 868. The number of likely N-dealkylation sites (tertiary alicyclic amines) is 1. The predicted molar refractivity (Wildman–Crippen MR) is 97.0 cm³/mol. The Balaban J connectivity index is 1.43. The lowest BCUT2D eigenvalue weighted by molar-refractivity contribution is 0.0672. The number of aromatic nitrogens is 5. The number of nitrogens with zero attached hydrogens (tertiary/aromatic N) is 5. The number of carbonyl (C=O) groups is 1. The van der Waals surface area contributed by atoms with Gasteiger partial charge in [0.25, 0.3) is 5.91 Å². The molecule has 3 aromatic heterocycles. The number of H-pyrrole nitrogens is 1. The zero-order chi connectivity index (χ0) is 17.9. The van der Waals surface area contributed by atoms with E-state index in [4.69, 9.17) is 0 Å². The minimum Gasteiger partial charge on any atom is -0.338 e. The van der Waals surface area contributed by atoms with E-state index < -0.39 is 0 Å². The third-order valence-electron chi connectivity index (χ3n) is 4.97. The second-order valence-corrected chi connectivity index (χ2v) is 6.85. The molecule has 0 aliphatic carbocycles. The van der Waals surface area contributed by atoms with Crippen LogP contribution in [0.1, 0.15) is 34.5 Å². The normalized spacial score (nSPS) is 17.4. The molecule has 0 bridgehead atoms. The maximum atomic E-state index is 12.9.